The van der Waals surface area contributed by atoms with E-state index in [9.17, 15) is 29.7 Å². The number of hydrogen-bond donors (Lipinski definition) is 3. The van der Waals surface area contributed by atoms with Crippen molar-refractivity contribution >= 4 is 17.9 Å². The molecule has 0 rings (SSSR count). The van der Waals surface area contributed by atoms with Gasteiger partial charge in [-0.1, -0.05) is 76.9 Å². The van der Waals surface area contributed by atoms with Crippen molar-refractivity contribution in [3.8, 4) is 0 Å². The molecular weight excluding hydrogens is 446 g/mol. The maximum atomic E-state index is 11.8. The fourth-order valence-electron chi connectivity index (χ4n) is 5.01. The molecule has 0 bridgehead atoms. The zero-order valence-corrected chi connectivity index (χ0v) is 22.7. The second-order valence-electron chi connectivity index (χ2n) is 10.1. The molecule has 7 heteroatoms. The van der Waals surface area contributed by atoms with Crippen LogP contribution in [-0.4, -0.2) is 62.4 Å². The molecule has 0 aliphatic carbocycles. The molecule has 3 N–H and O–H groups in total. The van der Waals surface area contributed by atoms with Crippen LogP contribution in [0.5, 0.6) is 0 Å². The Morgan fingerprint density at radius 3 is 1.23 bits per heavy atom. The van der Waals surface area contributed by atoms with Gasteiger partial charge >= 0.3 is 17.9 Å². The van der Waals surface area contributed by atoms with Gasteiger partial charge in [-0.2, -0.15) is 0 Å². The molecule has 0 aromatic rings. The smallest absolute Gasteiger partial charge is 0.362 e. The number of carboxylic acids is 3. The third-order valence-corrected chi connectivity index (χ3v) is 7.54. The van der Waals surface area contributed by atoms with E-state index in [2.05, 4.69) is 19.1 Å². The minimum Gasteiger partial charge on any atom is -0.477 e. The molecule has 0 heterocycles. The van der Waals surface area contributed by atoms with E-state index in [-0.39, 0.29) is 6.54 Å². The molecule has 0 saturated heterocycles. The number of hydrogen-bond acceptors (Lipinski definition) is 3. The maximum absolute atomic E-state index is 11.8. The van der Waals surface area contributed by atoms with Crippen LogP contribution in [0.3, 0.4) is 0 Å². The zero-order valence-electron chi connectivity index (χ0n) is 22.7. The van der Waals surface area contributed by atoms with Crippen LogP contribution < -0.4 is 0 Å². The summed E-state index contributed by atoms with van der Waals surface area (Å²) in [5, 5.41) is 28.8. The Morgan fingerprint density at radius 2 is 0.886 bits per heavy atom. The van der Waals surface area contributed by atoms with Crippen LogP contribution in [0.2, 0.25) is 0 Å². The number of carboxylic acid groups (broad SMARTS) is 3. The van der Waals surface area contributed by atoms with E-state index >= 15 is 0 Å². The predicted octanol–water partition coefficient (Wildman–Crippen LogP) is 6.65. The van der Waals surface area contributed by atoms with Crippen LogP contribution >= 0.6 is 0 Å². The van der Waals surface area contributed by atoms with Crippen LogP contribution in [0, 0.1) is 0 Å². The van der Waals surface area contributed by atoms with Gasteiger partial charge in [-0.15, -0.1) is 0 Å². The van der Waals surface area contributed by atoms with E-state index in [1.807, 2.05) is 0 Å². The second-order valence-corrected chi connectivity index (χ2v) is 10.1. The van der Waals surface area contributed by atoms with E-state index in [0.717, 1.165) is 38.5 Å². The molecule has 0 saturated carbocycles. The lowest BCUT2D eigenvalue weighted by molar-refractivity contribution is -0.968. The van der Waals surface area contributed by atoms with Crippen LogP contribution in [0.25, 0.3) is 0 Å². The van der Waals surface area contributed by atoms with Gasteiger partial charge in [-0.25, -0.2) is 14.4 Å². The van der Waals surface area contributed by atoms with E-state index < -0.39 is 40.5 Å². The molecule has 3 atom stereocenters. The molecule has 204 valence electrons. The second kappa shape index (κ2) is 19.3. The van der Waals surface area contributed by atoms with Gasteiger partial charge in [0.2, 0.25) is 0 Å². The van der Waals surface area contributed by atoms with Gasteiger partial charge in [0.1, 0.15) is 0 Å². The Morgan fingerprint density at radius 1 is 0.571 bits per heavy atom. The average Bonchev–Trinajstić information content (AvgIpc) is 2.82. The number of carbonyl (C=O) groups is 3. The summed E-state index contributed by atoms with van der Waals surface area (Å²) in [5.74, 6) is -3.52. The Kier molecular flexibility index (Phi) is 18.3. The highest BCUT2D eigenvalue weighted by atomic mass is 16.4. The van der Waals surface area contributed by atoms with Crippen molar-refractivity contribution in [3.05, 3.63) is 12.2 Å². The quantitative estimate of drug-likeness (QED) is 0.0826. The first-order valence-electron chi connectivity index (χ1n) is 13.8. The van der Waals surface area contributed by atoms with Crippen molar-refractivity contribution in [1.82, 2.24) is 0 Å². The molecule has 3 unspecified atom stereocenters. The van der Waals surface area contributed by atoms with Crippen LogP contribution in [-0.2, 0) is 14.4 Å². The number of rotatable bonds is 23. The lowest BCUT2D eigenvalue weighted by atomic mass is 10.00. The van der Waals surface area contributed by atoms with Gasteiger partial charge in [0.15, 0.2) is 18.1 Å². The Balaban J connectivity index is 4.31. The summed E-state index contributed by atoms with van der Waals surface area (Å²) in [6.07, 6.45) is 22.0. The maximum Gasteiger partial charge on any atom is 0.362 e. The molecule has 0 aliphatic rings. The van der Waals surface area contributed by atoms with Crippen molar-refractivity contribution in [3.63, 3.8) is 0 Å². The summed E-state index contributed by atoms with van der Waals surface area (Å²) < 4.78 is -0.483. The Labute approximate surface area is 213 Å². The number of aliphatic carboxylic acids is 3. The highest BCUT2D eigenvalue weighted by Gasteiger charge is 2.52. The zero-order chi connectivity index (χ0) is 26.7. The first kappa shape index (κ1) is 33.1. The summed E-state index contributed by atoms with van der Waals surface area (Å²) in [7, 11) is 0. The fourth-order valence-corrected chi connectivity index (χ4v) is 5.01. The normalized spacial score (nSPS) is 16.0. The lowest BCUT2D eigenvalue weighted by Crippen LogP contribution is -2.70. The summed E-state index contributed by atoms with van der Waals surface area (Å²) >= 11 is 0. The average molecular weight is 499 g/mol. The molecule has 0 fully saturated rings. The molecule has 0 aliphatic heterocycles. The van der Waals surface area contributed by atoms with Crippen molar-refractivity contribution in [1.29, 1.82) is 0 Å². The van der Waals surface area contributed by atoms with Gasteiger partial charge < -0.3 is 15.3 Å². The molecule has 7 nitrogen and oxygen atoms in total. The van der Waals surface area contributed by atoms with Gasteiger partial charge in [-0.05, 0) is 59.3 Å². The van der Waals surface area contributed by atoms with E-state index in [0.29, 0.717) is 6.42 Å². The van der Waals surface area contributed by atoms with Gasteiger partial charge in [0.05, 0.1) is 6.54 Å². The first-order chi connectivity index (χ1) is 16.6. The molecule has 0 aromatic carbocycles. The number of quaternary nitrogens is 1. The summed E-state index contributed by atoms with van der Waals surface area (Å²) in [6, 6.07) is -3.37. The SMILES string of the molecule is CCCCCCCCC/C=C/CCCCCCCC[N+](C(C)C(=O)O)(C(C)C(=O)O)C(C)C(=O)O. The predicted molar refractivity (Wildman–Crippen MR) is 140 cm³/mol. The summed E-state index contributed by atoms with van der Waals surface area (Å²) in [4.78, 5) is 35.3. The van der Waals surface area contributed by atoms with Crippen LogP contribution in [0.1, 0.15) is 124 Å². The van der Waals surface area contributed by atoms with Crippen LogP contribution in [0.15, 0.2) is 12.2 Å². The third kappa shape index (κ3) is 12.6. The molecular formula is C28H52NO6+. The lowest BCUT2D eigenvalue weighted by Gasteiger charge is -2.47. The summed E-state index contributed by atoms with van der Waals surface area (Å²) in [6.45, 7) is 6.72. The fraction of sp³-hybridized carbons (Fsp3) is 0.821. The van der Waals surface area contributed by atoms with Gasteiger partial charge in [0, 0.05) is 0 Å². The molecule has 0 amide bonds. The minimum absolute atomic E-state index is 0.218. The van der Waals surface area contributed by atoms with Crippen LogP contribution in [0.4, 0.5) is 0 Å². The number of unbranched alkanes of at least 4 members (excludes halogenated alkanes) is 13. The highest BCUT2D eigenvalue weighted by Crippen LogP contribution is 2.27. The van der Waals surface area contributed by atoms with Crippen molar-refractivity contribution < 1.29 is 34.2 Å². The van der Waals surface area contributed by atoms with E-state index in [1.54, 1.807) is 0 Å². The van der Waals surface area contributed by atoms with Crippen molar-refractivity contribution in [2.24, 2.45) is 0 Å². The molecule has 0 radical (unpaired) electrons. The molecule has 0 spiro atoms. The Bertz CT molecular complexity index is 583. The molecule has 35 heavy (non-hydrogen) atoms. The first-order valence-corrected chi connectivity index (χ1v) is 13.8. The number of nitrogens with zero attached hydrogens (tertiary/aromatic N) is 1. The summed E-state index contributed by atoms with van der Waals surface area (Å²) in [5.41, 5.74) is 0. The monoisotopic (exact) mass is 498 g/mol. The van der Waals surface area contributed by atoms with Gasteiger partial charge in [0.25, 0.3) is 0 Å². The van der Waals surface area contributed by atoms with Crippen molar-refractivity contribution in [2.45, 2.75) is 142 Å². The standard InChI is InChI=1S/C28H51NO6/c1-5-6-7-8-9-10-11-12-13-14-15-16-17-18-19-20-21-22-29(23(2)26(30)31,24(3)27(32)33)25(4)28(34)35/h13-14,23-25H,5-12,15-22H2,1-4H3,(H2-,30,31,32,33,34,35)/p+1/b14-13+. The van der Waals surface area contributed by atoms with Crippen molar-refractivity contribution in [2.75, 3.05) is 6.54 Å². The topological polar surface area (TPSA) is 112 Å². The number of allylic oxidation sites excluding steroid dienone is 2. The van der Waals surface area contributed by atoms with E-state index in [4.69, 9.17) is 0 Å². The highest BCUT2D eigenvalue weighted by molar-refractivity contribution is 5.77. The largest absolute Gasteiger partial charge is 0.477 e. The minimum atomic E-state index is -1.17. The molecule has 0 aromatic heterocycles. The van der Waals surface area contributed by atoms with Gasteiger partial charge in [-0.3, -0.25) is 4.48 Å². The third-order valence-electron chi connectivity index (χ3n) is 7.54. The Hall–Kier alpha value is -1.89. The van der Waals surface area contributed by atoms with E-state index in [1.165, 1.54) is 72.1 Å².